The van der Waals surface area contributed by atoms with Gasteiger partial charge < -0.3 is 15.7 Å². The van der Waals surface area contributed by atoms with Gasteiger partial charge in [0, 0.05) is 23.7 Å². The number of carboxylic acids is 1. The molecule has 0 aliphatic carbocycles. The number of amides is 2. The van der Waals surface area contributed by atoms with Crippen molar-refractivity contribution in [2.24, 2.45) is 0 Å². The Balaban J connectivity index is 1.90. The number of rotatable bonds is 6. The molecule has 1 aromatic rings. The Morgan fingerprint density at radius 1 is 1.43 bits per heavy atom. The number of carbonyl (C=O) groups is 3. The van der Waals surface area contributed by atoms with Crippen molar-refractivity contribution in [1.29, 1.82) is 0 Å². The summed E-state index contributed by atoms with van der Waals surface area (Å²) in [5.41, 5.74) is 2.09. The van der Waals surface area contributed by atoms with E-state index in [4.69, 9.17) is 5.11 Å². The van der Waals surface area contributed by atoms with Crippen LogP contribution in [0.2, 0.25) is 0 Å². The molecule has 1 atom stereocenters. The van der Waals surface area contributed by atoms with Crippen LogP contribution in [0.25, 0.3) is 0 Å². The summed E-state index contributed by atoms with van der Waals surface area (Å²) in [6, 6.07) is 5.02. The predicted octanol–water partition coefficient (Wildman–Crippen LogP) is 1.55. The van der Waals surface area contributed by atoms with Gasteiger partial charge in [-0.2, -0.15) is 0 Å². The van der Waals surface area contributed by atoms with Gasteiger partial charge in [-0.3, -0.25) is 14.4 Å². The lowest BCUT2D eigenvalue weighted by molar-refractivity contribution is -0.137. The van der Waals surface area contributed by atoms with Crippen molar-refractivity contribution in [3.05, 3.63) is 29.3 Å². The van der Waals surface area contributed by atoms with Gasteiger partial charge in [0.15, 0.2) is 0 Å². The Hall–Kier alpha value is -2.37. The number of anilines is 1. The first-order chi connectivity index (χ1) is 9.95. The van der Waals surface area contributed by atoms with Crippen LogP contribution >= 0.6 is 0 Å². The molecule has 0 saturated carbocycles. The van der Waals surface area contributed by atoms with E-state index in [-0.39, 0.29) is 24.3 Å². The second-order valence-electron chi connectivity index (χ2n) is 5.26. The Morgan fingerprint density at radius 3 is 2.90 bits per heavy atom. The summed E-state index contributed by atoms with van der Waals surface area (Å²) in [4.78, 5) is 33.8. The number of fused-ring (bicyclic) bond motifs is 1. The van der Waals surface area contributed by atoms with Gasteiger partial charge in [0.1, 0.15) is 0 Å². The lowest BCUT2D eigenvalue weighted by atomic mass is 10.1. The molecular formula is C15H18N2O4. The highest BCUT2D eigenvalue weighted by molar-refractivity contribution is 6.01. The Bertz CT molecular complexity index is 583. The van der Waals surface area contributed by atoms with E-state index in [0.29, 0.717) is 24.8 Å². The number of carbonyl (C=O) groups excluding carboxylic acids is 2. The summed E-state index contributed by atoms with van der Waals surface area (Å²) < 4.78 is 0. The van der Waals surface area contributed by atoms with Crippen molar-refractivity contribution >= 4 is 23.5 Å². The zero-order valence-corrected chi connectivity index (χ0v) is 11.8. The maximum atomic E-state index is 12.1. The summed E-state index contributed by atoms with van der Waals surface area (Å²) in [6.07, 6.45) is 1.54. The summed E-state index contributed by atoms with van der Waals surface area (Å²) in [7, 11) is 0. The summed E-state index contributed by atoms with van der Waals surface area (Å²) in [5, 5.41) is 14.1. The van der Waals surface area contributed by atoms with Crippen LogP contribution < -0.4 is 10.6 Å². The average Bonchev–Trinajstić information content (AvgIpc) is 2.76. The smallest absolute Gasteiger partial charge is 0.303 e. The molecule has 0 radical (unpaired) electrons. The van der Waals surface area contributed by atoms with E-state index < -0.39 is 5.97 Å². The summed E-state index contributed by atoms with van der Waals surface area (Å²) >= 11 is 0. The van der Waals surface area contributed by atoms with Gasteiger partial charge in [0.25, 0.3) is 5.91 Å². The Kier molecular flexibility index (Phi) is 4.57. The highest BCUT2D eigenvalue weighted by atomic mass is 16.4. The largest absolute Gasteiger partial charge is 0.481 e. The number of hydrogen-bond acceptors (Lipinski definition) is 3. The number of nitrogens with one attached hydrogen (secondary N) is 2. The summed E-state index contributed by atoms with van der Waals surface area (Å²) in [5.74, 6) is -1.10. The fourth-order valence-electron chi connectivity index (χ4n) is 2.31. The molecule has 2 amide bonds. The minimum atomic E-state index is -0.829. The van der Waals surface area contributed by atoms with Gasteiger partial charge in [-0.1, -0.05) is 0 Å². The van der Waals surface area contributed by atoms with Crippen LogP contribution in [0.4, 0.5) is 5.69 Å². The monoisotopic (exact) mass is 290 g/mol. The van der Waals surface area contributed by atoms with Crippen molar-refractivity contribution < 1.29 is 19.5 Å². The molecule has 2 rings (SSSR count). The minimum absolute atomic E-state index is 0.0652. The molecule has 6 nitrogen and oxygen atoms in total. The van der Waals surface area contributed by atoms with Gasteiger partial charge in [-0.25, -0.2) is 0 Å². The number of benzene rings is 1. The van der Waals surface area contributed by atoms with Crippen LogP contribution in [-0.4, -0.2) is 28.9 Å². The molecule has 0 fully saturated rings. The molecule has 3 N–H and O–H groups in total. The van der Waals surface area contributed by atoms with Crippen LogP contribution in [0, 0.1) is 0 Å². The quantitative estimate of drug-likeness (QED) is 0.740. The molecule has 112 valence electrons. The first kappa shape index (κ1) is 15.0. The number of aliphatic carboxylic acids is 1. The van der Waals surface area contributed by atoms with Gasteiger partial charge in [0.2, 0.25) is 5.91 Å². The molecule has 0 aromatic heterocycles. The average molecular weight is 290 g/mol. The molecule has 1 aliphatic heterocycles. The molecular weight excluding hydrogens is 272 g/mol. The van der Waals surface area contributed by atoms with E-state index in [1.165, 1.54) is 0 Å². The van der Waals surface area contributed by atoms with E-state index in [1.54, 1.807) is 18.2 Å². The lowest BCUT2D eigenvalue weighted by Gasteiger charge is -2.13. The molecule has 6 heteroatoms. The molecule has 0 saturated heterocycles. The van der Waals surface area contributed by atoms with Crippen molar-refractivity contribution in [2.45, 2.75) is 38.6 Å². The Morgan fingerprint density at radius 2 is 2.19 bits per heavy atom. The van der Waals surface area contributed by atoms with E-state index in [0.717, 1.165) is 11.3 Å². The van der Waals surface area contributed by atoms with Crippen molar-refractivity contribution in [3.8, 4) is 0 Å². The maximum absolute atomic E-state index is 12.1. The zero-order chi connectivity index (χ0) is 15.4. The highest BCUT2D eigenvalue weighted by Gasteiger charge is 2.19. The van der Waals surface area contributed by atoms with Crippen LogP contribution in [0.1, 0.15) is 42.1 Å². The first-order valence-corrected chi connectivity index (χ1v) is 6.91. The number of carboxylic acid groups (broad SMARTS) is 1. The minimum Gasteiger partial charge on any atom is -0.481 e. The van der Waals surface area contributed by atoms with Crippen LogP contribution in [-0.2, 0) is 16.0 Å². The third-order valence-electron chi connectivity index (χ3n) is 3.40. The van der Waals surface area contributed by atoms with Crippen molar-refractivity contribution in [3.63, 3.8) is 0 Å². The van der Waals surface area contributed by atoms with E-state index in [9.17, 15) is 14.4 Å². The molecule has 1 unspecified atom stereocenters. The van der Waals surface area contributed by atoms with Gasteiger partial charge >= 0.3 is 5.97 Å². The third kappa shape index (κ3) is 4.05. The van der Waals surface area contributed by atoms with Gasteiger partial charge in [-0.05, 0) is 43.5 Å². The van der Waals surface area contributed by atoms with Crippen LogP contribution in [0.3, 0.4) is 0 Å². The standard InChI is InChI=1S/C15H18N2O4/c1-9(3-2-4-14(19)20)16-15(21)10-5-6-12-11(7-10)8-13(18)17-12/h5-7,9H,2-4,8H2,1H3,(H,16,21)(H,17,18)(H,19,20). The van der Waals surface area contributed by atoms with Gasteiger partial charge in [0.05, 0.1) is 6.42 Å². The van der Waals surface area contributed by atoms with E-state index in [2.05, 4.69) is 10.6 Å². The van der Waals surface area contributed by atoms with E-state index in [1.807, 2.05) is 6.92 Å². The number of hydrogen-bond donors (Lipinski definition) is 3. The lowest BCUT2D eigenvalue weighted by Crippen LogP contribution is -2.32. The summed E-state index contributed by atoms with van der Waals surface area (Å²) in [6.45, 7) is 1.85. The first-order valence-electron chi connectivity index (χ1n) is 6.91. The molecule has 1 aliphatic rings. The highest BCUT2D eigenvalue weighted by Crippen LogP contribution is 2.23. The predicted molar refractivity (Wildman–Crippen MR) is 77.2 cm³/mol. The van der Waals surface area contributed by atoms with E-state index >= 15 is 0 Å². The molecule has 21 heavy (non-hydrogen) atoms. The fourth-order valence-corrected chi connectivity index (χ4v) is 2.31. The molecule has 1 aromatic carbocycles. The normalized spacial score (nSPS) is 14.2. The molecule has 0 spiro atoms. The van der Waals surface area contributed by atoms with Crippen molar-refractivity contribution in [2.75, 3.05) is 5.32 Å². The van der Waals surface area contributed by atoms with Gasteiger partial charge in [-0.15, -0.1) is 0 Å². The van der Waals surface area contributed by atoms with Crippen LogP contribution in [0.15, 0.2) is 18.2 Å². The Labute approximate surface area is 122 Å². The molecule has 0 bridgehead atoms. The maximum Gasteiger partial charge on any atom is 0.303 e. The SMILES string of the molecule is CC(CCCC(=O)O)NC(=O)c1ccc2c(c1)CC(=O)N2. The third-order valence-corrected chi connectivity index (χ3v) is 3.40. The second kappa shape index (κ2) is 6.39. The zero-order valence-electron chi connectivity index (χ0n) is 11.8. The fraction of sp³-hybridized carbons (Fsp3) is 0.400. The van der Waals surface area contributed by atoms with Crippen molar-refractivity contribution in [1.82, 2.24) is 5.32 Å². The second-order valence-corrected chi connectivity index (χ2v) is 5.26. The molecule has 1 heterocycles. The topological polar surface area (TPSA) is 95.5 Å². The van der Waals surface area contributed by atoms with Crippen LogP contribution in [0.5, 0.6) is 0 Å².